The predicted octanol–water partition coefficient (Wildman–Crippen LogP) is 4.24. The maximum absolute atomic E-state index is 13.8. The number of amides is 3. The summed E-state index contributed by atoms with van der Waals surface area (Å²) in [5, 5.41) is 12.3. The average Bonchev–Trinajstić information content (AvgIpc) is 3.46. The molecule has 1 saturated heterocycles. The maximum Gasteiger partial charge on any atom is 0.247 e. The van der Waals surface area contributed by atoms with Crippen molar-refractivity contribution >= 4 is 57.4 Å². The second kappa shape index (κ2) is 13.1. The van der Waals surface area contributed by atoms with Crippen molar-refractivity contribution in [2.75, 3.05) is 31.3 Å². The molecule has 3 aromatic rings. The van der Waals surface area contributed by atoms with Gasteiger partial charge in [-0.2, -0.15) is 0 Å². The van der Waals surface area contributed by atoms with Gasteiger partial charge in [0.25, 0.3) is 0 Å². The van der Waals surface area contributed by atoms with Crippen molar-refractivity contribution in [2.24, 2.45) is 5.41 Å². The topological polar surface area (TPSA) is 138 Å². The van der Waals surface area contributed by atoms with Crippen molar-refractivity contribution in [3.63, 3.8) is 0 Å². The fourth-order valence-electron chi connectivity index (χ4n) is 4.89. The van der Waals surface area contributed by atoms with Gasteiger partial charge in [-0.05, 0) is 56.5 Å². The number of nitrogens with one attached hydrogen (secondary N) is 4. The van der Waals surface area contributed by atoms with Crippen LogP contribution < -0.4 is 26.0 Å². The van der Waals surface area contributed by atoms with Gasteiger partial charge in [-0.3, -0.25) is 14.4 Å². The van der Waals surface area contributed by atoms with Crippen molar-refractivity contribution in [3.8, 4) is 5.75 Å². The van der Waals surface area contributed by atoms with Gasteiger partial charge >= 0.3 is 0 Å². The molecule has 2 aromatic carbocycles. The number of carbonyl (C=O) groups is 3. The SMILES string of the molecule is CN[C@@H](C)C(=O)N[C@H](C(=O)N1CCCC1C(=O)Nc1cc2c(Nc3ccc(F)c(Cl)c3)ncnc2cc1OC)C(C)(C)C. The molecule has 1 aliphatic heterocycles. The molecule has 0 saturated carbocycles. The van der Waals surface area contributed by atoms with Crippen LogP contribution in [0.25, 0.3) is 10.9 Å². The second-order valence-corrected chi connectivity index (χ2v) is 11.9. The number of carbonyl (C=O) groups excluding carboxylic acids is 3. The third kappa shape index (κ3) is 7.14. The maximum atomic E-state index is 13.8. The van der Waals surface area contributed by atoms with E-state index in [0.717, 1.165) is 0 Å². The first-order valence-electron chi connectivity index (χ1n) is 14.0. The first kappa shape index (κ1) is 31.9. The van der Waals surface area contributed by atoms with E-state index in [4.69, 9.17) is 16.3 Å². The highest BCUT2D eigenvalue weighted by Gasteiger charge is 2.42. The lowest BCUT2D eigenvalue weighted by molar-refractivity contribution is -0.143. The number of methoxy groups -OCH3 is 1. The first-order chi connectivity index (χ1) is 20.3. The Labute approximate surface area is 254 Å². The Bertz CT molecular complexity index is 1530. The van der Waals surface area contributed by atoms with E-state index in [-0.39, 0.29) is 22.7 Å². The molecule has 1 fully saturated rings. The molecule has 43 heavy (non-hydrogen) atoms. The van der Waals surface area contributed by atoms with E-state index >= 15 is 0 Å². The summed E-state index contributed by atoms with van der Waals surface area (Å²) in [5.74, 6) is -0.771. The lowest BCUT2D eigenvalue weighted by atomic mass is 9.85. The lowest BCUT2D eigenvalue weighted by Gasteiger charge is -2.36. The third-order valence-corrected chi connectivity index (χ3v) is 7.75. The van der Waals surface area contributed by atoms with Crippen molar-refractivity contribution in [1.29, 1.82) is 0 Å². The largest absolute Gasteiger partial charge is 0.494 e. The van der Waals surface area contributed by atoms with Crippen LogP contribution in [0.4, 0.5) is 21.6 Å². The molecule has 0 aliphatic carbocycles. The number of benzene rings is 2. The summed E-state index contributed by atoms with van der Waals surface area (Å²) < 4.78 is 19.2. The number of halogens is 2. The smallest absolute Gasteiger partial charge is 0.247 e. The van der Waals surface area contributed by atoms with Crippen LogP contribution in [0.3, 0.4) is 0 Å². The average molecular weight is 614 g/mol. The minimum absolute atomic E-state index is 0.0431. The number of rotatable bonds is 9. The zero-order chi connectivity index (χ0) is 31.5. The van der Waals surface area contributed by atoms with Gasteiger partial charge in [0, 0.05) is 23.7 Å². The molecule has 3 atom stereocenters. The van der Waals surface area contributed by atoms with Gasteiger partial charge in [0.1, 0.15) is 35.8 Å². The summed E-state index contributed by atoms with van der Waals surface area (Å²) in [5.41, 5.74) is 0.817. The van der Waals surface area contributed by atoms with Crippen LogP contribution in [-0.2, 0) is 14.4 Å². The number of aromatic nitrogens is 2. The number of likely N-dealkylation sites (N-methyl/N-ethyl adjacent to an activating group) is 1. The van der Waals surface area contributed by atoms with Crippen LogP contribution in [0.15, 0.2) is 36.7 Å². The molecule has 1 aliphatic rings. The predicted molar refractivity (Wildman–Crippen MR) is 164 cm³/mol. The van der Waals surface area contributed by atoms with Crippen LogP contribution in [0.5, 0.6) is 5.75 Å². The highest BCUT2D eigenvalue weighted by molar-refractivity contribution is 6.31. The normalized spacial score (nSPS) is 16.5. The Kier molecular flexibility index (Phi) is 9.71. The monoisotopic (exact) mass is 613 g/mol. The summed E-state index contributed by atoms with van der Waals surface area (Å²) in [6.07, 6.45) is 2.47. The molecule has 0 bridgehead atoms. The first-order valence-corrected chi connectivity index (χ1v) is 14.4. The van der Waals surface area contributed by atoms with E-state index in [1.807, 2.05) is 20.8 Å². The third-order valence-electron chi connectivity index (χ3n) is 7.46. The number of fused-ring (bicyclic) bond motifs is 1. The standard InChI is InChI=1S/C30H37ClFN7O4/c1-16(33-5)27(40)38-25(30(2,3)4)29(42)39-11-7-8-23(39)28(41)37-22-13-18-21(14-24(22)43-6)34-15-35-26(18)36-17-9-10-20(32)19(31)12-17/h9-10,12-16,23,25,33H,7-8,11H2,1-6H3,(H,37,41)(H,38,40)(H,34,35,36)/t16-,23?,25+/m0/s1. The van der Waals surface area contributed by atoms with Crippen molar-refractivity contribution in [2.45, 2.75) is 58.7 Å². The highest BCUT2D eigenvalue weighted by Crippen LogP contribution is 2.34. The number of likely N-dealkylation sites (tertiary alicyclic amines) is 1. The van der Waals surface area contributed by atoms with Gasteiger partial charge in [0.05, 0.1) is 29.4 Å². The van der Waals surface area contributed by atoms with Gasteiger partial charge < -0.3 is 30.9 Å². The fourth-order valence-corrected chi connectivity index (χ4v) is 5.07. The zero-order valence-corrected chi connectivity index (χ0v) is 25.8. The number of hydrogen-bond donors (Lipinski definition) is 4. The number of ether oxygens (including phenoxy) is 1. The molecule has 1 unspecified atom stereocenters. The molecule has 4 rings (SSSR count). The Morgan fingerprint density at radius 2 is 1.91 bits per heavy atom. The van der Waals surface area contributed by atoms with E-state index in [2.05, 4.69) is 31.2 Å². The molecular weight excluding hydrogens is 577 g/mol. The Morgan fingerprint density at radius 3 is 2.56 bits per heavy atom. The molecule has 0 spiro atoms. The van der Waals surface area contributed by atoms with E-state index < -0.39 is 29.4 Å². The minimum atomic E-state index is -0.829. The lowest BCUT2D eigenvalue weighted by Crippen LogP contribution is -2.59. The molecule has 1 aromatic heterocycles. The summed E-state index contributed by atoms with van der Waals surface area (Å²) >= 11 is 5.94. The Morgan fingerprint density at radius 1 is 1.16 bits per heavy atom. The van der Waals surface area contributed by atoms with Crippen LogP contribution >= 0.6 is 11.6 Å². The second-order valence-electron chi connectivity index (χ2n) is 11.5. The van der Waals surface area contributed by atoms with Crippen LogP contribution in [0.1, 0.15) is 40.5 Å². The van der Waals surface area contributed by atoms with Crippen molar-refractivity contribution in [3.05, 3.63) is 47.5 Å². The summed E-state index contributed by atoms with van der Waals surface area (Å²) in [7, 11) is 3.15. The van der Waals surface area contributed by atoms with Gasteiger partial charge in [0.15, 0.2) is 0 Å². The molecule has 11 nitrogen and oxygen atoms in total. The quantitative estimate of drug-likeness (QED) is 0.281. The van der Waals surface area contributed by atoms with E-state index in [0.29, 0.717) is 53.2 Å². The molecule has 13 heteroatoms. The summed E-state index contributed by atoms with van der Waals surface area (Å²) in [4.78, 5) is 50.3. The molecule has 4 N–H and O–H groups in total. The van der Waals surface area contributed by atoms with E-state index in [1.54, 1.807) is 26.1 Å². The zero-order valence-electron chi connectivity index (χ0n) is 25.0. The van der Waals surface area contributed by atoms with Crippen LogP contribution in [-0.4, -0.2) is 71.4 Å². The van der Waals surface area contributed by atoms with Gasteiger partial charge in [-0.1, -0.05) is 32.4 Å². The van der Waals surface area contributed by atoms with Gasteiger partial charge in [0.2, 0.25) is 17.7 Å². The molecular formula is C30H37ClFN7O4. The summed E-state index contributed by atoms with van der Waals surface area (Å²) in [6, 6.07) is 5.49. The highest BCUT2D eigenvalue weighted by atomic mass is 35.5. The van der Waals surface area contributed by atoms with E-state index in [1.165, 1.54) is 36.5 Å². The molecule has 230 valence electrons. The fraction of sp³-hybridized carbons (Fsp3) is 0.433. The number of anilines is 3. The molecule has 0 radical (unpaired) electrons. The van der Waals surface area contributed by atoms with Crippen LogP contribution in [0, 0.1) is 11.2 Å². The molecule has 3 amide bonds. The Hall–Kier alpha value is -4.03. The van der Waals surface area contributed by atoms with Gasteiger partial charge in [-0.15, -0.1) is 0 Å². The number of nitrogens with zero attached hydrogens (tertiary/aromatic N) is 3. The van der Waals surface area contributed by atoms with Crippen molar-refractivity contribution in [1.82, 2.24) is 25.5 Å². The minimum Gasteiger partial charge on any atom is -0.494 e. The van der Waals surface area contributed by atoms with Gasteiger partial charge in [-0.25, -0.2) is 14.4 Å². The summed E-state index contributed by atoms with van der Waals surface area (Å²) in [6.45, 7) is 7.72. The van der Waals surface area contributed by atoms with E-state index in [9.17, 15) is 18.8 Å². The number of hydrogen-bond acceptors (Lipinski definition) is 8. The molecule has 2 heterocycles. The van der Waals surface area contributed by atoms with Crippen LogP contribution in [0.2, 0.25) is 5.02 Å². The van der Waals surface area contributed by atoms with Crippen molar-refractivity contribution < 1.29 is 23.5 Å². The Balaban J connectivity index is 1.60.